The molecule has 0 saturated carbocycles. The fourth-order valence-corrected chi connectivity index (χ4v) is 3.62. The minimum Gasteiger partial charge on any atom is -1.00 e. The van der Waals surface area contributed by atoms with E-state index in [9.17, 15) is 0 Å². The van der Waals surface area contributed by atoms with Crippen LogP contribution in [-0.4, -0.2) is 40.2 Å². The molecule has 0 saturated heterocycles. The van der Waals surface area contributed by atoms with Gasteiger partial charge in [-0.25, -0.2) is 15.0 Å². The van der Waals surface area contributed by atoms with Crippen LogP contribution in [0.15, 0.2) is 85.8 Å². The fourth-order valence-electron chi connectivity index (χ4n) is 3.62. The van der Waals surface area contributed by atoms with Crippen molar-refractivity contribution >= 4 is 23.1 Å². The monoisotopic (exact) mass is 528 g/mol. The molecule has 0 spiro atoms. The molecule has 1 radical (unpaired) electrons. The molecule has 2 aliphatic heterocycles. The van der Waals surface area contributed by atoms with Crippen LogP contribution in [0.2, 0.25) is 0 Å². The first kappa shape index (κ1) is 28.2. The number of fused-ring (bicyclic) bond motifs is 2. The fraction of sp³-hybridized carbons (Fsp3) is 0.261. The van der Waals surface area contributed by atoms with Crippen molar-refractivity contribution in [3.8, 4) is 0 Å². The first-order chi connectivity index (χ1) is 13.7. The van der Waals surface area contributed by atoms with E-state index in [2.05, 4.69) is 50.3 Å². The predicted octanol–water partition coefficient (Wildman–Crippen LogP) is -4.96. The van der Waals surface area contributed by atoms with E-state index >= 15 is 0 Å². The molecule has 167 valence electrons. The Bertz CT molecular complexity index is 1030. The van der Waals surface area contributed by atoms with Gasteiger partial charge in [0, 0.05) is 0 Å². The third kappa shape index (κ3) is 5.38. The van der Waals surface area contributed by atoms with Gasteiger partial charge in [-0.05, 0) is 48.3 Å². The van der Waals surface area contributed by atoms with E-state index in [1.807, 2.05) is 18.2 Å². The third-order valence-electron chi connectivity index (χ3n) is 5.27. The molecule has 1 aromatic rings. The molecule has 2 aliphatic carbocycles. The second-order valence-corrected chi connectivity index (χ2v) is 7.14. The van der Waals surface area contributed by atoms with E-state index in [1.165, 1.54) is 11.1 Å². The average molecular weight is 530 g/mol. The number of amidine groups is 2. The number of hydrogen-bond donors (Lipinski definition) is 0. The van der Waals surface area contributed by atoms with Gasteiger partial charge in [-0.3, -0.25) is 9.98 Å². The quantitative estimate of drug-likeness (QED) is 0.361. The van der Waals surface area contributed by atoms with Crippen LogP contribution in [0.5, 0.6) is 0 Å². The molecule has 0 fully saturated rings. The standard InChI is InChI=1S/C23H21N5.3ClH.Fe/c1-3-14-8-10-16-20(12-14)27-22(25-16)18-6-5-7-19(24-18)23-26-17-11-9-15(4-2)13-21(17)28-23;;;;/h5-13,16-17H,3-4H2,1-2H3;3*1H;/q;;;;+3/p-3. The number of pyridine rings is 1. The number of aromatic nitrogens is 1. The van der Waals surface area contributed by atoms with Gasteiger partial charge >= 0.3 is 17.1 Å². The van der Waals surface area contributed by atoms with Crippen LogP contribution < -0.4 is 37.2 Å². The summed E-state index contributed by atoms with van der Waals surface area (Å²) in [5.41, 5.74) is 6.07. The van der Waals surface area contributed by atoms with Crippen molar-refractivity contribution in [3.05, 3.63) is 77.2 Å². The van der Waals surface area contributed by atoms with Crippen LogP contribution in [0.4, 0.5) is 0 Å². The van der Waals surface area contributed by atoms with Crippen LogP contribution in [-0.2, 0) is 17.1 Å². The zero-order valence-electron chi connectivity index (χ0n) is 17.5. The van der Waals surface area contributed by atoms with Crippen molar-refractivity contribution in [2.24, 2.45) is 20.0 Å². The van der Waals surface area contributed by atoms with Crippen molar-refractivity contribution in [1.82, 2.24) is 4.98 Å². The van der Waals surface area contributed by atoms with E-state index < -0.39 is 0 Å². The van der Waals surface area contributed by atoms with E-state index in [4.69, 9.17) is 25.0 Å². The van der Waals surface area contributed by atoms with Crippen molar-refractivity contribution in [3.63, 3.8) is 0 Å². The van der Waals surface area contributed by atoms with E-state index in [-0.39, 0.29) is 66.4 Å². The molecule has 0 amide bonds. The molecule has 2 atom stereocenters. The maximum absolute atomic E-state index is 4.77. The Hall–Kier alpha value is -1.82. The number of hydrogen-bond acceptors (Lipinski definition) is 5. The van der Waals surface area contributed by atoms with E-state index in [0.29, 0.717) is 11.7 Å². The number of aliphatic imine (C=N–C) groups is 4. The molecule has 32 heavy (non-hydrogen) atoms. The van der Waals surface area contributed by atoms with Gasteiger partial charge in [0.05, 0.1) is 11.4 Å². The topological polar surface area (TPSA) is 62.3 Å². The van der Waals surface area contributed by atoms with Crippen molar-refractivity contribution in [2.75, 3.05) is 0 Å². The van der Waals surface area contributed by atoms with Crippen molar-refractivity contribution in [2.45, 2.75) is 38.8 Å². The summed E-state index contributed by atoms with van der Waals surface area (Å²) in [5, 5.41) is 0. The molecule has 5 rings (SSSR count). The summed E-state index contributed by atoms with van der Waals surface area (Å²) >= 11 is 0. The Morgan fingerprint density at radius 3 is 1.56 bits per heavy atom. The molecule has 5 nitrogen and oxygen atoms in total. The van der Waals surface area contributed by atoms with Crippen LogP contribution in [0.25, 0.3) is 0 Å². The van der Waals surface area contributed by atoms with Crippen LogP contribution in [0, 0.1) is 0 Å². The van der Waals surface area contributed by atoms with Crippen LogP contribution >= 0.6 is 0 Å². The molecular weight excluding hydrogens is 508 g/mol. The maximum atomic E-state index is 4.77. The predicted molar refractivity (Wildman–Crippen MR) is 115 cm³/mol. The van der Waals surface area contributed by atoms with Gasteiger partial charge in [0.2, 0.25) is 0 Å². The molecule has 0 N–H and O–H groups in total. The van der Waals surface area contributed by atoms with Crippen molar-refractivity contribution < 1.29 is 54.3 Å². The first-order valence-electron chi connectivity index (χ1n) is 9.81. The second kappa shape index (κ2) is 11.9. The van der Waals surface area contributed by atoms with Crippen LogP contribution in [0.1, 0.15) is 38.1 Å². The number of halogens is 3. The van der Waals surface area contributed by atoms with E-state index in [1.54, 1.807) is 0 Å². The zero-order chi connectivity index (χ0) is 19.1. The average Bonchev–Trinajstić information content (AvgIpc) is 3.36. The molecule has 3 heterocycles. The molecule has 1 aromatic heterocycles. The normalized spacial score (nSPS) is 21.6. The summed E-state index contributed by atoms with van der Waals surface area (Å²) in [5.74, 6) is 1.36. The first-order valence-corrected chi connectivity index (χ1v) is 9.81. The summed E-state index contributed by atoms with van der Waals surface area (Å²) in [4.78, 5) is 23.7. The van der Waals surface area contributed by atoms with Gasteiger partial charge in [0.15, 0.2) is 11.7 Å². The minimum atomic E-state index is 0. The largest absolute Gasteiger partial charge is 3.00 e. The Balaban J connectivity index is 0.00000128. The van der Waals surface area contributed by atoms with Crippen molar-refractivity contribution in [1.29, 1.82) is 0 Å². The third-order valence-corrected chi connectivity index (χ3v) is 5.27. The Morgan fingerprint density at radius 2 is 1.16 bits per heavy atom. The summed E-state index contributed by atoms with van der Waals surface area (Å²) in [6.45, 7) is 4.29. The SMILES string of the molecule is CCC1=CC2=NC(c3cccc(C4=NC5C=CC(CC)=CC5=N4)n3)=NC2C=C1.[Cl-].[Cl-].[Cl-].[Fe+3]. The second-order valence-electron chi connectivity index (χ2n) is 7.14. The molecule has 2 unspecified atom stereocenters. The Kier molecular flexibility index (Phi) is 10.5. The number of rotatable bonds is 4. The zero-order valence-corrected chi connectivity index (χ0v) is 20.9. The van der Waals surface area contributed by atoms with Gasteiger partial charge in [0.1, 0.15) is 23.5 Å². The Morgan fingerprint density at radius 1 is 0.719 bits per heavy atom. The van der Waals surface area contributed by atoms with Gasteiger partial charge in [-0.2, -0.15) is 0 Å². The Labute approximate surface area is 217 Å². The van der Waals surface area contributed by atoms with E-state index in [0.717, 1.165) is 35.7 Å². The number of nitrogens with zero attached hydrogens (tertiary/aromatic N) is 5. The molecular formula is C23H21Cl3FeN5. The molecule has 4 aliphatic rings. The summed E-state index contributed by atoms with van der Waals surface area (Å²) < 4.78 is 0. The summed E-state index contributed by atoms with van der Waals surface area (Å²) in [6.07, 6.45) is 14.7. The smallest absolute Gasteiger partial charge is 1.00 e. The molecule has 0 aromatic carbocycles. The van der Waals surface area contributed by atoms with Crippen LogP contribution in [0.3, 0.4) is 0 Å². The number of allylic oxidation sites excluding steroid dienone is 4. The maximum Gasteiger partial charge on any atom is 3.00 e. The minimum absolute atomic E-state index is 0. The van der Waals surface area contributed by atoms with Gasteiger partial charge < -0.3 is 37.2 Å². The van der Waals surface area contributed by atoms with Gasteiger partial charge in [-0.1, -0.05) is 44.2 Å². The van der Waals surface area contributed by atoms with Gasteiger partial charge in [0.25, 0.3) is 0 Å². The molecule has 0 bridgehead atoms. The summed E-state index contributed by atoms with van der Waals surface area (Å²) in [6, 6.07) is 5.88. The molecule has 9 heteroatoms. The summed E-state index contributed by atoms with van der Waals surface area (Å²) in [7, 11) is 0. The van der Waals surface area contributed by atoms with Gasteiger partial charge in [-0.15, -0.1) is 0 Å².